The van der Waals surface area contributed by atoms with Gasteiger partial charge >= 0.3 is 5.97 Å². The molecular formula is C15H17N7O5S. The Bertz CT molecular complexity index is 897. The molecule has 4 aliphatic rings. The van der Waals surface area contributed by atoms with Crippen molar-refractivity contribution in [2.45, 2.75) is 48.8 Å². The highest BCUT2D eigenvalue weighted by Gasteiger charge is 2.62. The zero-order valence-corrected chi connectivity index (χ0v) is 15.4. The van der Waals surface area contributed by atoms with Gasteiger partial charge in [-0.3, -0.25) is 19.8 Å². The quantitative estimate of drug-likeness (QED) is 0.339. The standard InChI is InChI=1S/C15H17N7O5S/c23-8(17-6-1-2-6)3-21-15(18-19-20-21)28-4-7-10(14(25)26)22-11-9(13(22)24)16-5-27-12(7)11/h6,9,11-12,16H,1-5H2,(H,17,23)(H,25,26)/t9-,11-,12?/m0/s1. The van der Waals surface area contributed by atoms with Crippen molar-refractivity contribution in [1.82, 2.24) is 35.7 Å². The number of carbonyl (C=O) groups excluding carboxylic acids is 2. The van der Waals surface area contributed by atoms with E-state index in [1.807, 2.05) is 0 Å². The number of carboxylic acid groups (broad SMARTS) is 1. The first-order valence-corrected chi connectivity index (χ1v) is 9.86. The number of nitrogens with one attached hydrogen (secondary N) is 2. The second kappa shape index (κ2) is 6.53. The molecule has 2 amide bonds. The molecule has 0 bridgehead atoms. The molecule has 12 nitrogen and oxygen atoms in total. The molecule has 5 rings (SSSR count). The van der Waals surface area contributed by atoms with E-state index >= 15 is 0 Å². The Hall–Kier alpha value is -2.51. The van der Waals surface area contributed by atoms with Gasteiger partial charge in [0.15, 0.2) is 0 Å². The van der Waals surface area contributed by atoms with Crippen LogP contribution in [0.25, 0.3) is 0 Å². The largest absolute Gasteiger partial charge is 0.477 e. The van der Waals surface area contributed by atoms with E-state index in [1.165, 1.54) is 21.3 Å². The minimum Gasteiger partial charge on any atom is -0.477 e. The molecule has 0 radical (unpaired) electrons. The van der Waals surface area contributed by atoms with Gasteiger partial charge in [-0.05, 0) is 23.3 Å². The summed E-state index contributed by atoms with van der Waals surface area (Å²) in [5.74, 6) is -1.34. The second-order valence-electron chi connectivity index (χ2n) is 7.04. The molecule has 1 aliphatic carbocycles. The third kappa shape index (κ3) is 2.77. The second-order valence-corrected chi connectivity index (χ2v) is 7.98. The summed E-state index contributed by atoms with van der Waals surface area (Å²) in [6, 6.07) is -0.496. The lowest BCUT2D eigenvalue weighted by atomic mass is 9.91. The van der Waals surface area contributed by atoms with E-state index < -0.39 is 18.1 Å². The summed E-state index contributed by atoms with van der Waals surface area (Å²) in [7, 11) is 0. The van der Waals surface area contributed by atoms with Crippen molar-refractivity contribution < 1.29 is 24.2 Å². The van der Waals surface area contributed by atoms with Gasteiger partial charge in [-0.2, -0.15) is 0 Å². The normalized spacial score (nSPS) is 28.2. The summed E-state index contributed by atoms with van der Waals surface area (Å²) in [4.78, 5) is 37.3. The van der Waals surface area contributed by atoms with Crippen LogP contribution in [0.4, 0.5) is 0 Å². The monoisotopic (exact) mass is 407 g/mol. The summed E-state index contributed by atoms with van der Waals surface area (Å²) in [6.45, 7) is 0.182. The molecule has 1 unspecified atom stereocenters. The van der Waals surface area contributed by atoms with Gasteiger partial charge in [0.25, 0.3) is 0 Å². The van der Waals surface area contributed by atoms with Crippen LogP contribution in [0.2, 0.25) is 0 Å². The maximum Gasteiger partial charge on any atom is 0.352 e. The predicted octanol–water partition coefficient (Wildman–Crippen LogP) is -2.08. The summed E-state index contributed by atoms with van der Waals surface area (Å²) in [6.07, 6.45) is 1.51. The fourth-order valence-corrected chi connectivity index (χ4v) is 4.71. The molecular weight excluding hydrogens is 390 g/mol. The average Bonchev–Trinajstić information content (AvgIpc) is 3.26. The molecule has 1 saturated carbocycles. The summed E-state index contributed by atoms with van der Waals surface area (Å²) < 4.78 is 7.08. The van der Waals surface area contributed by atoms with E-state index in [9.17, 15) is 19.5 Å². The molecule has 3 atom stereocenters. The third-order valence-corrected chi connectivity index (χ3v) is 6.21. The lowest BCUT2D eigenvalue weighted by Crippen LogP contribution is -2.73. The van der Waals surface area contributed by atoms with Gasteiger partial charge in [-0.15, -0.1) is 5.10 Å². The third-order valence-electron chi connectivity index (χ3n) is 5.20. The van der Waals surface area contributed by atoms with E-state index in [1.54, 1.807) is 0 Å². The van der Waals surface area contributed by atoms with Crippen LogP contribution in [-0.2, 0) is 25.7 Å². The fraction of sp³-hybridized carbons (Fsp3) is 0.600. The van der Waals surface area contributed by atoms with Crippen LogP contribution in [0.15, 0.2) is 16.4 Å². The lowest BCUT2D eigenvalue weighted by molar-refractivity contribution is -0.163. The maximum atomic E-state index is 12.2. The number of amides is 2. The van der Waals surface area contributed by atoms with Crippen molar-refractivity contribution in [3.8, 4) is 0 Å². The summed E-state index contributed by atoms with van der Waals surface area (Å²) >= 11 is 1.21. The first-order valence-electron chi connectivity index (χ1n) is 8.87. The average molecular weight is 407 g/mol. The highest BCUT2D eigenvalue weighted by molar-refractivity contribution is 7.99. The number of hydrogen-bond donors (Lipinski definition) is 3. The zero-order chi connectivity index (χ0) is 19.4. The number of aliphatic carboxylic acids is 1. The number of tetrazole rings is 1. The van der Waals surface area contributed by atoms with Crippen molar-refractivity contribution >= 4 is 29.5 Å². The molecule has 28 heavy (non-hydrogen) atoms. The SMILES string of the molecule is O=C(Cn1nnnc1SCC1=C(C(=O)O)N2C(=O)[C@H]3NCOC1[C@H]32)NC1CC1. The van der Waals surface area contributed by atoms with Crippen molar-refractivity contribution in [2.24, 2.45) is 0 Å². The first kappa shape index (κ1) is 17.6. The van der Waals surface area contributed by atoms with Crippen molar-refractivity contribution in [1.29, 1.82) is 0 Å². The van der Waals surface area contributed by atoms with Crippen LogP contribution in [0.1, 0.15) is 12.8 Å². The molecule has 4 heterocycles. The van der Waals surface area contributed by atoms with Gasteiger partial charge in [0, 0.05) is 17.4 Å². The molecule has 1 aromatic heterocycles. The molecule has 3 fully saturated rings. The highest BCUT2D eigenvalue weighted by atomic mass is 32.2. The number of ether oxygens (including phenoxy) is 1. The number of nitrogens with zero attached hydrogens (tertiary/aromatic N) is 5. The van der Waals surface area contributed by atoms with Crippen LogP contribution in [0, 0.1) is 0 Å². The molecule has 2 saturated heterocycles. The number of aromatic nitrogens is 4. The zero-order valence-electron chi connectivity index (χ0n) is 14.6. The minimum atomic E-state index is -1.16. The lowest BCUT2D eigenvalue weighted by Gasteiger charge is -2.48. The minimum absolute atomic E-state index is 0.00414. The Labute approximate surface area is 162 Å². The van der Waals surface area contributed by atoms with Crippen molar-refractivity contribution in [3.05, 3.63) is 11.3 Å². The Morgan fingerprint density at radius 2 is 2.21 bits per heavy atom. The molecule has 13 heteroatoms. The van der Waals surface area contributed by atoms with Gasteiger partial charge in [0.2, 0.25) is 17.0 Å². The van der Waals surface area contributed by atoms with Crippen molar-refractivity contribution in [2.75, 3.05) is 12.5 Å². The number of thioether (sulfide) groups is 1. The van der Waals surface area contributed by atoms with Crippen LogP contribution < -0.4 is 10.6 Å². The first-order chi connectivity index (χ1) is 13.5. The Morgan fingerprint density at radius 3 is 2.96 bits per heavy atom. The number of β-lactam (4-membered cyclic amide) rings is 1. The number of carboxylic acids is 1. The molecule has 0 spiro atoms. The smallest absolute Gasteiger partial charge is 0.352 e. The van der Waals surface area contributed by atoms with Crippen LogP contribution in [-0.4, -0.2) is 84.7 Å². The summed E-state index contributed by atoms with van der Waals surface area (Å²) in [5.41, 5.74) is 0.495. The van der Waals surface area contributed by atoms with Gasteiger partial charge < -0.3 is 15.2 Å². The summed E-state index contributed by atoms with van der Waals surface area (Å²) in [5, 5.41) is 27.2. The van der Waals surface area contributed by atoms with Gasteiger partial charge in [-0.1, -0.05) is 11.8 Å². The number of carbonyl (C=O) groups is 3. The van der Waals surface area contributed by atoms with Gasteiger partial charge in [-0.25, -0.2) is 9.48 Å². The topological polar surface area (TPSA) is 152 Å². The van der Waals surface area contributed by atoms with Gasteiger partial charge in [0.05, 0.1) is 12.8 Å². The van der Waals surface area contributed by atoms with E-state index in [0.717, 1.165) is 12.8 Å². The predicted molar refractivity (Wildman–Crippen MR) is 91.7 cm³/mol. The molecule has 3 N–H and O–H groups in total. The number of rotatable bonds is 7. The molecule has 148 valence electrons. The van der Waals surface area contributed by atoms with E-state index in [0.29, 0.717) is 10.7 Å². The van der Waals surface area contributed by atoms with E-state index in [2.05, 4.69) is 26.2 Å². The van der Waals surface area contributed by atoms with Crippen LogP contribution in [0.3, 0.4) is 0 Å². The molecule has 1 aromatic rings. The van der Waals surface area contributed by atoms with Crippen LogP contribution in [0.5, 0.6) is 0 Å². The van der Waals surface area contributed by atoms with E-state index in [4.69, 9.17) is 4.74 Å². The van der Waals surface area contributed by atoms with Crippen LogP contribution >= 0.6 is 11.8 Å². The maximum absolute atomic E-state index is 12.2. The molecule has 0 aromatic carbocycles. The Morgan fingerprint density at radius 1 is 1.39 bits per heavy atom. The molecule has 3 aliphatic heterocycles. The highest BCUT2D eigenvalue weighted by Crippen LogP contribution is 2.43. The number of hydrogen-bond acceptors (Lipinski definition) is 9. The van der Waals surface area contributed by atoms with Gasteiger partial charge in [0.1, 0.15) is 24.4 Å². The fourth-order valence-electron chi connectivity index (χ4n) is 3.78. The van der Waals surface area contributed by atoms with E-state index in [-0.39, 0.29) is 48.6 Å². The Balaban J connectivity index is 1.32. The van der Waals surface area contributed by atoms with Crippen molar-refractivity contribution in [3.63, 3.8) is 0 Å². The Kier molecular flexibility index (Phi) is 4.10.